The van der Waals surface area contributed by atoms with Crippen molar-refractivity contribution in [2.24, 2.45) is 4.99 Å². The third kappa shape index (κ3) is 7.39. The highest BCUT2D eigenvalue weighted by atomic mass is 14.7. The Morgan fingerprint density at radius 1 is 1.23 bits per heavy atom. The number of benzene rings is 1. The van der Waals surface area contributed by atoms with Gasteiger partial charge in [-0.1, -0.05) is 56.7 Å². The molecule has 0 saturated heterocycles. The molecule has 0 fully saturated rings. The van der Waals surface area contributed by atoms with Crippen LogP contribution in [0.2, 0.25) is 0 Å². The molecule has 0 spiro atoms. The Morgan fingerprint density at radius 3 is 2.65 bits per heavy atom. The van der Waals surface area contributed by atoms with E-state index < -0.39 is 0 Å². The smallest absolute Gasteiger partial charge is 0.0273 e. The first kappa shape index (κ1) is 21.9. The van der Waals surface area contributed by atoms with Crippen molar-refractivity contribution in [1.29, 1.82) is 0 Å². The summed E-state index contributed by atoms with van der Waals surface area (Å²) in [5.74, 6) is 0. The largest absolute Gasteiger partial charge is 0.266 e. The summed E-state index contributed by atoms with van der Waals surface area (Å²) in [6.45, 7) is 16.6. The highest BCUT2D eigenvalue weighted by Crippen LogP contribution is 2.27. The van der Waals surface area contributed by atoms with E-state index in [0.717, 1.165) is 30.5 Å². The Kier molecular flexibility index (Phi) is 10.3. The maximum Gasteiger partial charge on any atom is 0.0273 e. The summed E-state index contributed by atoms with van der Waals surface area (Å²) in [7, 11) is 0. The number of aryl methyl sites for hydroxylation is 2. The zero-order chi connectivity index (χ0) is 19.4. The summed E-state index contributed by atoms with van der Waals surface area (Å²) < 4.78 is 0. The molecule has 0 aliphatic carbocycles. The predicted molar refractivity (Wildman–Crippen MR) is 119 cm³/mol. The predicted octanol–water partition coefficient (Wildman–Crippen LogP) is 7.63. The Hall–Kier alpha value is -2.15. The molecule has 0 bridgehead atoms. The number of hydrogen-bond acceptors (Lipinski definition) is 1. The van der Waals surface area contributed by atoms with Crippen molar-refractivity contribution >= 4 is 11.3 Å². The van der Waals surface area contributed by atoms with E-state index in [2.05, 4.69) is 70.1 Å². The van der Waals surface area contributed by atoms with Crippen molar-refractivity contribution < 1.29 is 0 Å². The van der Waals surface area contributed by atoms with Crippen molar-refractivity contribution in [2.75, 3.05) is 0 Å². The summed E-state index contributed by atoms with van der Waals surface area (Å²) in [6, 6.07) is 6.82. The molecule has 0 heterocycles. The van der Waals surface area contributed by atoms with Crippen LogP contribution in [0.3, 0.4) is 0 Å². The molecular weight excluding hydrogens is 314 g/mol. The normalized spacial score (nSPS) is 12.6. The van der Waals surface area contributed by atoms with Gasteiger partial charge in [0.25, 0.3) is 0 Å². The number of nitrogens with zero attached hydrogens (tertiary/aromatic N) is 1. The Balaban J connectivity index is 2.91. The fraction of sp³-hybridized carbons (Fsp3) is 0.400. The lowest BCUT2D eigenvalue weighted by molar-refractivity contribution is 0.717. The van der Waals surface area contributed by atoms with Crippen LogP contribution < -0.4 is 0 Å². The molecule has 0 radical (unpaired) electrons. The first-order valence-electron chi connectivity index (χ1n) is 9.79. The van der Waals surface area contributed by atoms with E-state index in [1.165, 1.54) is 41.5 Å². The van der Waals surface area contributed by atoms with Gasteiger partial charge in [-0.3, -0.25) is 4.99 Å². The molecule has 26 heavy (non-hydrogen) atoms. The Labute approximate surface area is 161 Å². The molecule has 0 unspecified atom stereocenters. The fourth-order valence-corrected chi connectivity index (χ4v) is 2.93. The van der Waals surface area contributed by atoms with Crippen molar-refractivity contribution in [1.82, 2.24) is 0 Å². The average molecular weight is 350 g/mol. The molecule has 1 heteroatoms. The van der Waals surface area contributed by atoms with E-state index in [-0.39, 0.29) is 0 Å². The van der Waals surface area contributed by atoms with Crippen LogP contribution in [0.1, 0.15) is 69.6 Å². The van der Waals surface area contributed by atoms with Gasteiger partial charge < -0.3 is 0 Å². The van der Waals surface area contributed by atoms with Crippen LogP contribution in [-0.4, -0.2) is 5.71 Å². The zero-order valence-corrected chi connectivity index (χ0v) is 17.1. The van der Waals surface area contributed by atoms with Gasteiger partial charge in [-0.05, 0) is 80.4 Å². The molecule has 1 nitrogen and oxygen atoms in total. The lowest BCUT2D eigenvalue weighted by Crippen LogP contribution is -1.95. The van der Waals surface area contributed by atoms with Gasteiger partial charge in [0.15, 0.2) is 0 Å². The monoisotopic (exact) mass is 349 g/mol. The minimum absolute atomic E-state index is 0.954. The zero-order valence-electron chi connectivity index (χ0n) is 17.1. The summed E-state index contributed by atoms with van der Waals surface area (Å²) in [5, 5.41) is 0. The number of unbranched alkanes of at least 4 members (excludes halogenated alkanes) is 2. The van der Waals surface area contributed by atoms with E-state index >= 15 is 0 Å². The summed E-state index contributed by atoms with van der Waals surface area (Å²) >= 11 is 0. The van der Waals surface area contributed by atoms with Crippen LogP contribution in [-0.2, 0) is 6.42 Å². The molecule has 0 aliphatic heterocycles. The lowest BCUT2D eigenvalue weighted by atomic mass is 9.92. The molecular formula is C25H35N. The summed E-state index contributed by atoms with van der Waals surface area (Å²) in [5.41, 5.74) is 7.29. The van der Waals surface area contributed by atoms with Crippen molar-refractivity contribution in [2.45, 2.75) is 66.2 Å². The van der Waals surface area contributed by atoms with Gasteiger partial charge in [-0.25, -0.2) is 0 Å². The van der Waals surface area contributed by atoms with Crippen molar-refractivity contribution in [3.8, 4) is 0 Å². The number of rotatable bonds is 11. The van der Waals surface area contributed by atoms with Crippen molar-refractivity contribution in [3.63, 3.8) is 0 Å². The van der Waals surface area contributed by atoms with Gasteiger partial charge >= 0.3 is 0 Å². The van der Waals surface area contributed by atoms with Crippen LogP contribution in [0.4, 0.5) is 0 Å². The van der Waals surface area contributed by atoms with E-state index in [4.69, 9.17) is 0 Å². The molecule has 1 rings (SSSR count). The first-order valence-corrected chi connectivity index (χ1v) is 9.79. The molecule has 0 amide bonds. The standard InChI is InChI=1S/C25H35N/c1-7-10-12-14-23-16-15-20(4)25(19-23)24(9-3)21(5)17-18-26-22(6)13-11-8-2/h8-9,15-19H,2,5,7,10-14H2,1,3-4,6H3/b18-17-,24-9-,26-22?. The second kappa shape index (κ2) is 12.2. The van der Waals surface area contributed by atoms with Gasteiger partial charge in [0.2, 0.25) is 0 Å². The van der Waals surface area contributed by atoms with Gasteiger partial charge in [0.1, 0.15) is 0 Å². The van der Waals surface area contributed by atoms with Crippen LogP contribution in [0.15, 0.2) is 66.4 Å². The van der Waals surface area contributed by atoms with Gasteiger partial charge in [0.05, 0.1) is 0 Å². The first-order chi connectivity index (χ1) is 12.5. The third-order valence-corrected chi connectivity index (χ3v) is 4.58. The highest BCUT2D eigenvalue weighted by Gasteiger charge is 2.08. The maximum absolute atomic E-state index is 4.50. The van der Waals surface area contributed by atoms with Gasteiger partial charge in [-0.15, -0.1) is 6.58 Å². The van der Waals surface area contributed by atoms with E-state index in [1.807, 2.05) is 18.4 Å². The third-order valence-electron chi connectivity index (χ3n) is 4.58. The number of hydrogen-bond donors (Lipinski definition) is 0. The number of aliphatic imine (C=N–C) groups is 1. The van der Waals surface area contributed by atoms with E-state index in [0.29, 0.717) is 0 Å². The second-order valence-electron chi connectivity index (χ2n) is 6.84. The number of allylic oxidation sites excluding steroid dienone is 5. The molecule has 0 atom stereocenters. The summed E-state index contributed by atoms with van der Waals surface area (Å²) in [4.78, 5) is 4.50. The minimum Gasteiger partial charge on any atom is -0.266 e. The lowest BCUT2D eigenvalue weighted by Gasteiger charge is -2.13. The van der Waals surface area contributed by atoms with Crippen molar-refractivity contribution in [3.05, 3.63) is 78.0 Å². The molecule has 1 aromatic carbocycles. The molecule has 1 aromatic rings. The second-order valence-corrected chi connectivity index (χ2v) is 6.84. The van der Waals surface area contributed by atoms with Crippen LogP contribution in [0.25, 0.3) is 5.57 Å². The topological polar surface area (TPSA) is 12.4 Å². The quantitative estimate of drug-likeness (QED) is 0.168. The Bertz CT molecular complexity index is 686. The van der Waals surface area contributed by atoms with Gasteiger partial charge in [-0.2, -0.15) is 0 Å². The fourth-order valence-electron chi connectivity index (χ4n) is 2.93. The Morgan fingerprint density at radius 2 is 2.00 bits per heavy atom. The maximum atomic E-state index is 4.50. The molecule has 140 valence electrons. The molecule has 0 aliphatic rings. The van der Waals surface area contributed by atoms with Gasteiger partial charge in [0, 0.05) is 11.9 Å². The highest BCUT2D eigenvalue weighted by molar-refractivity contribution is 5.84. The van der Waals surface area contributed by atoms with Crippen LogP contribution >= 0.6 is 0 Å². The molecule has 0 saturated carbocycles. The minimum atomic E-state index is 0.954. The van der Waals surface area contributed by atoms with Crippen LogP contribution in [0.5, 0.6) is 0 Å². The van der Waals surface area contributed by atoms with E-state index in [9.17, 15) is 0 Å². The SMILES string of the molecule is C=CCCC(C)=N/C=C\C(=C)/C(=C/C)c1cc(CCCCC)ccc1C. The van der Waals surface area contributed by atoms with Crippen LogP contribution in [0, 0.1) is 6.92 Å². The summed E-state index contributed by atoms with van der Waals surface area (Å²) in [6.07, 6.45) is 14.8. The van der Waals surface area contributed by atoms with E-state index in [1.54, 1.807) is 0 Å². The molecule has 0 aromatic heterocycles. The average Bonchev–Trinajstić information content (AvgIpc) is 2.63. The molecule has 0 N–H and O–H groups in total.